The van der Waals surface area contributed by atoms with Gasteiger partial charge < -0.3 is 9.47 Å². The minimum absolute atomic E-state index is 0.298. The average Bonchev–Trinajstić information content (AvgIpc) is 3.13. The van der Waals surface area contributed by atoms with Crippen molar-refractivity contribution in [3.8, 4) is 0 Å². The van der Waals surface area contributed by atoms with Gasteiger partial charge in [-0.25, -0.2) is 0 Å². The predicted molar refractivity (Wildman–Crippen MR) is 144 cm³/mol. The van der Waals surface area contributed by atoms with Gasteiger partial charge in [-0.05, 0) is 112 Å². The Labute approximate surface area is 212 Å². The highest BCUT2D eigenvalue weighted by atomic mass is 16.5. The molecule has 0 amide bonds. The van der Waals surface area contributed by atoms with Gasteiger partial charge in [-0.1, -0.05) is 65.5 Å². The van der Waals surface area contributed by atoms with Crippen molar-refractivity contribution in [3.05, 3.63) is 11.6 Å². The molecule has 0 radical (unpaired) electrons. The summed E-state index contributed by atoms with van der Waals surface area (Å²) in [7, 11) is 0. The van der Waals surface area contributed by atoms with Gasteiger partial charge in [0.2, 0.25) is 0 Å². The summed E-state index contributed by atoms with van der Waals surface area (Å²) in [6, 6.07) is 0. The number of ether oxygens (including phenoxy) is 2. The lowest BCUT2D eigenvalue weighted by Crippen LogP contribution is -2.51. The highest BCUT2D eigenvalue weighted by Crippen LogP contribution is 2.67. The van der Waals surface area contributed by atoms with Gasteiger partial charge in [-0.2, -0.15) is 0 Å². The molecule has 0 N–H and O–H groups in total. The summed E-state index contributed by atoms with van der Waals surface area (Å²) in [6.07, 6.45) is 18.7. The van der Waals surface area contributed by atoms with Crippen molar-refractivity contribution in [1.82, 2.24) is 0 Å². The van der Waals surface area contributed by atoms with E-state index >= 15 is 0 Å². The number of fused-ring (bicyclic) bond motifs is 5. The van der Waals surface area contributed by atoms with E-state index in [1.54, 1.807) is 5.57 Å². The van der Waals surface area contributed by atoms with E-state index in [-0.39, 0.29) is 0 Å². The Balaban J connectivity index is 1.38. The number of hydrogen-bond donors (Lipinski definition) is 0. The summed E-state index contributed by atoms with van der Waals surface area (Å²) < 4.78 is 12.0. The second-order valence-electron chi connectivity index (χ2n) is 13.9. The molecule has 4 rings (SSSR count). The van der Waals surface area contributed by atoms with E-state index in [4.69, 9.17) is 9.47 Å². The normalized spacial score (nSPS) is 40.6. The summed E-state index contributed by atoms with van der Waals surface area (Å²) in [5.41, 5.74) is 2.77. The fraction of sp³-hybridized carbons (Fsp3) is 0.938. The quantitative estimate of drug-likeness (QED) is 0.233. The zero-order valence-corrected chi connectivity index (χ0v) is 23.7. The van der Waals surface area contributed by atoms with Crippen molar-refractivity contribution in [2.75, 3.05) is 13.2 Å². The molecule has 8 atom stereocenters. The lowest BCUT2D eigenvalue weighted by molar-refractivity contribution is -0.0696. The van der Waals surface area contributed by atoms with Crippen molar-refractivity contribution in [2.24, 2.45) is 46.3 Å². The van der Waals surface area contributed by atoms with Crippen molar-refractivity contribution < 1.29 is 9.47 Å². The first-order valence-electron chi connectivity index (χ1n) is 15.1. The van der Waals surface area contributed by atoms with E-state index in [9.17, 15) is 0 Å². The van der Waals surface area contributed by atoms with Crippen LogP contribution < -0.4 is 0 Å². The standard InChI is InChI=1S/C32H56O2/c1-22(2)9-8-10-24(5)28-13-14-29-27-12-11-25-21-26(34-20-19-33-23(3)4)15-17-31(25,6)30(27)16-18-32(28,29)7/h11,22-24,26-30H,8-10,12-21H2,1-7H3/t24-,26+,27+,28-,29+,30+,31+,32-/m1/s1. The van der Waals surface area contributed by atoms with Crippen molar-refractivity contribution in [1.29, 1.82) is 0 Å². The molecular formula is C32H56O2. The largest absolute Gasteiger partial charge is 0.376 e. The first-order valence-corrected chi connectivity index (χ1v) is 15.1. The molecule has 4 aliphatic carbocycles. The van der Waals surface area contributed by atoms with E-state index in [0.717, 1.165) is 48.7 Å². The molecule has 2 heteroatoms. The van der Waals surface area contributed by atoms with Gasteiger partial charge in [-0.15, -0.1) is 0 Å². The van der Waals surface area contributed by atoms with Crippen LogP contribution in [0.3, 0.4) is 0 Å². The third-order valence-corrected chi connectivity index (χ3v) is 11.1. The van der Waals surface area contributed by atoms with Gasteiger partial charge in [0.1, 0.15) is 0 Å². The smallest absolute Gasteiger partial charge is 0.0704 e. The molecule has 3 saturated carbocycles. The molecule has 196 valence electrons. The molecule has 0 aromatic rings. The Hall–Kier alpha value is -0.340. The van der Waals surface area contributed by atoms with Crippen LogP contribution in [0.4, 0.5) is 0 Å². The molecule has 0 aromatic carbocycles. The molecule has 0 heterocycles. The van der Waals surface area contributed by atoms with Crippen molar-refractivity contribution in [3.63, 3.8) is 0 Å². The molecule has 3 fully saturated rings. The third-order valence-electron chi connectivity index (χ3n) is 11.1. The van der Waals surface area contributed by atoms with E-state index in [2.05, 4.69) is 54.5 Å². The zero-order chi connectivity index (χ0) is 24.5. The van der Waals surface area contributed by atoms with Crippen LogP contribution in [-0.2, 0) is 9.47 Å². The van der Waals surface area contributed by atoms with Gasteiger partial charge in [0.25, 0.3) is 0 Å². The second-order valence-corrected chi connectivity index (χ2v) is 13.9. The fourth-order valence-electron chi connectivity index (χ4n) is 9.29. The van der Waals surface area contributed by atoms with E-state index < -0.39 is 0 Å². The Kier molecular flexibility index (Phi) is 8.61. The Morgan fingerprint density at radius 1 is 0.912 bits per heavy atom. The molecular weight excluding hydrogens is 416 g/mol. The molecule has 0 unspecified atom stereocenters. The third kappa shape index (κ3) is 5.34. The summed E-state index contributed by atoms with van der Waals surface area (Å²) >= 11 is 0. The monoisotopic (exact) mass is 472 g/mol. The summed E-state index contributed by atoms with van der Waals surface area (Å²) in [5.74, 6) is 5.51. The van der Waals surface area contributed by atoms with Crippen LogP contribution in [0.1, 0.15) is 119 Å². The topological polar surface area (TPSA) is 18.5 Å². The van der Waals surface area contributed by atoms with Crippen LogP contribution in [0, 0.1) is 46.3 Å². The first kappa shape index (κ1) is 26.7. The average molecular weight is 473 g/mol. The lowest BCUT2D eigenvalue weighted by atomic mass is 9.47. The number of allylic oxidation sites excluding steroid dienone is 1. The first-order chi connectivity index (χ1) is 16.1. The molecule has 0 aromatic heterocycles. The summed E-state index contributed by atoms with van der Waals surface area (Å²) in [5, 5.41) is 0. The van der Waals surface area contributed by atoms with Gasteiger partial charge in [0.05, 0.1) is 25.4 Å². The maximum atomic E-state index is 6.27. The minimum Gasteiger partial charge on any atom is -0.376 e. The van der Waals surface area contributed by atoms with Crippen molar-refractivity contribution in [2.45, 2.75) is 131 Å². The minimum atomic E-state index is 0.298. The molecule has 0 aliphatic heterocycles. The van der Waals surface area contributed by atoms with Gasteiger partial charge >= 0.3 is 0 Å². The summed E-state index contributed by atoms with van der Waals surface area (Å²) in [4.78, 5) is 0. The van der Waals surface area contributed by atoms with Gasteiger partial charge in [0, 0.05) is 0 Å². The molecule has 34 heavy (non-hydrogen) atoms. The lowest BCUT2D eigenvalue weighted by Gasteiger charge is -2.58. The highest BCUT2D eigenvalue weighted by molar-refractivity contribution is 5.25. The summed E-state index contributed by atoms with van der Waals surface area (Å²) in [6.45, 7) is 18.4. The number of rotatable bonds is 10. The van der Waals surface area contributed by atoms with Gasteiger partial charge in [0.15, 0.2) is 0 Å². The van der Waals surface area contributed by atoms with E-state index in [0.29, 0.717) is 23.0 Å². The van der Waals surface area contributed by atoms with E-state index in [1.165, 1.54) is 70.6 Å². The van der Waals surface area contributed by atoms with E-state index in [1.807, 2.05) is 0 Å². The Bertz CT molecular complexity index is 695. The second kappa shape index (κ2) is 11.0. The van der Waals surface area contributed by atoms with Crippen LogP contribution in [0.15, 0.2) is 11.6 Å². The molecule has 0 bridgehead atoms. The zero-order valence-electron chi connectivity index (χ0n) is 23.7. The fourth-order valence-corrected chi connectivity index (χ4v) is 9.29. The maximum Gasteiger partial charge on any atom is 0.0704 e. The SMILES string of the molecule is CC(C)CCC[C@@H](C)[C@H]1CC[C@H]2[C@@H]3CC=C4C[C@@H](OCCOC(C)C)CC[C@]4(C)[C@H]3CC[C@]12C. The molecule has 2 nitrogen and oxygen atoms in total. The van der Waals surface area contributed by atoms with Gasteiger partial charge in [-0.3, -0.25) is 0 Å². The van der Waals surface area contributed by atoms with Crippen LogP contribution in [0.2, 0.25) is 0 Å². The predicted octanol–water partition coefficient (Wildman–Crippen LogP) is 8.84. The van der Waals surface area contributed by atoms with Crippen molar-refractivity contribution >= 4 is 0 Å². The molecule has 0 saturated heterocycles. The van der Waals surface area contributed by atoms with Crippen LogP contribution in [0.25, 0.3) is 0 Å². The van der Waals surface area contributed by atoms with Crippen LogP contribution >= 0.6 is 0 Å². The maximum absolute atomic E-state index is 6.27. The van der Waals surface area contributed by atoms with Crippen LogP contribution in [-0.4, -0.2) is 25.4 Å². The van der Waals surface area contributed by atoms with Crippen LogP contribution in [0.5, 0.6) is 0 Å². The Morgan fingerprint density at radius 2 is 1.71 bits per heavy atom. The molecule has 0 spiro atoms. The Morgan fingerprint density at radius 3 is 2.44 bits per heavy atom. The number of hydrogen-bond acceptors (Lipinski definition) is 2. The highest BCUT2D eigenvalue weighted by Gasteiger charge is 2.59. The molecule has 4 aliphatic rings.